The molecule has 2 heterocycles. The van der Waals surface area contributed by atoms with Crippen LogP contribution in [0.1, 0.15) is 46.8 Å². The number of alkyl halides is 3. The van der Waals surface area contributed by atoms with Gasteiger partial charge in [-0.3, -0.25) is 9.59 Å². The third kappa shape index (κ3) is 4.72. The van der Waals surface area contributed by atoms with Crippen LogP contribution in [0.4, 0.5) is 13.2 Å². The first-order chi connectivity index (χ1) is 15.7. The maximum absolute atomic E-state index is 13.1. The Bertz CT molecular complexity index is 1190. The molecule has 174 valence electrons. The van der Waals surface area contributed by atoms with Crippen LogP contribution in [-0.2, 0) is 22.1 Å². The molecule has 6 nitrogen and oxygen atoms in total. The van der Waals surface area contributed by atoms with Gasteiger partial charge in [0.2, 0.25) is 0 Å². The van der Waals surface area contributed by atoms with Crippen molar-refractivity contribution in [2.75, 3.05) is 7.11 Å². The Balaban J connectivity index is 1.53. The quantitative estimate of drug-likeness (QED) is 0.559. The number of esters is 1. The zero-order valence-electron chi connectivity index (χ0n) is 18.2. The summed E-state index contributed by atoms with van der Waals surface area (Å²) in [5.74, 6) is -0.282. The van der Waals surface area contributed by atoms with Gasteiger partial charge in [0.05, 0.1) is 30.0 Å². The molecule has 1 fully saturated rings. The van der Waals surface area contributed by atoms with Crippen LogP contribution in [0.5, 0.6) is 0 Å². The Morgan fingerprint density at radius 2 is 2.03 bits per heavy atom. The van der Waals surface area contributed by atoms with Crippen LogP contribution in [-0.4, -0.2) is 34.6 Å². The molecule has 3 aromatic rings. The second-order valence-corrected chi connectivity index (χ2v) is 8.47. The lowest BCUT2D eigenvalue weighted by Gasteiger charge is -2.42. The molecule has 0 bridgehead atoms. The second-order valence-electron chi connectivity index (χ2n) is 8.47. The molecule has 1 N–H and O–H groups in total. The highest BCUT2D eigenvalue weighted by molar-refractivity contribution is 6.01. The minimum atomic E-state index is -4.42. The standard InChI is InChI=1S/C24H24F3N3O3/c1-14-17(12-21(31)33-2)11-20(14)29-23(32)19-13-28-30-8-4-6-16(22(19)30)9-15-5-3-7-18(10-15)24(25,26)27/h3-8,10,13-14,17,20H,9,11-12H2,1-2H3,(H,29,32). The average molecular weight is 459 g/mol. The van der Waals surface area contributed by atoms with Gasteiger partial charge in [-0.1, -0.05) is 31.2 Å². The van der Waals surface area contributed by atoms with Gasteiger partial charge in [-0.2, -0.15) is 18.3 Å². The van der Waals surface area contributed by atoms with Crippen LogP contribution in [0.15, 0.2) is 48.8 Å². The van der Waals surface area contributed by atoms with E-state index in [4.69, 9.17) is 4.74 Å². The summed E-state index contributed by atoms with van der Waals surface area (Å²) in [5.41, 5.74) is 1.40. The summed E-state index contributed by atoms with van der Waals surface area (Å²) in [6.07, 6.45) is -0.0357. The van der Waals surface area contributed by atoms with Crippen LogP contribution >= 0.6 is 0 Å². The smallest absolute Gasteiger partial charge is 0.416 e. The van der Waals surface area contributed by atoms with Crippen LogP contribution < -0.4 is 5.32 Å². The van der Waals surface area contributed by atoms with E-state index >= 15 is 0 Å². The number of aromatic nitrogens is 2. The molecule has 3 unspecified atom stereocenters. The molecular formula is C24H24F3N3O3. The maximum atomic E-state index is 13.1. The van der Waals surface area contributed by atoms with Crippen molar-refractivity contribution < 1.29 is 27.5 Å². The Morgan fingerprint density at radius 1 is 1.24 bits per heavy atom. The number of nitrogens with zero attached hydrogens (tertiary/aromatic N) is 2. The summed E-state index contributed by atoms with van der Waals surface area (Å²) < 4.78 is 45.6. The lowest BCUT2D eigenvalue weighted by molar-refractivity contribution is -0.143. The third-order valence-corrected chi connectivity index (χ3v) is 6.43. The number of carbonyl (C=O) groups is 2. The van der Waals surface area contributed by atoms with E-state index in [2.05, 4.69) is 10.4 Å². The molecule has 3 atom stereocenters. The fraction of sp³-hybridized carbons (Fsp3) is 0.375. The first-order valence-electron chi connectivity index (χ1n) is 10.7. The van der Waals surface area contributed by atoms with E-state index in [-0.39, 0.29) is 36.2 Å². The molecule has 0 saturated heterocycles. The highest BCUT2D eigenvalue weighted by Gasteiger charge is 2.40. The van der Waals surface area contributed by atoms with Gasteiger partial charge in [0.15, 0.2) is 0 Å². The van der Waals surface area contributed by atoms with Gasteiger partial charge in [0, 0.05) is 18.7 Å². The van der Waals surface area contributed by atoms with Crippen molar-refractivity contribution in [1.82, 2.24) is 14.9 Å². The van der Waals surface area contributed by atoms with E-state index in [9.17, 15) is 22.8 Å². The number of benzene rings is 1. The number of nitrogens with one attached hydrogen (secondary N) is 1. The van der Waals surface area contributed by atoms with E-state index in [1.54, 1.807) is 28.9 Å². The topological polar surface area (TPSA) is 72.7 Å². The number of hydrogen-bond acceptors (Lipinski definition) is 4. The largest absolute Gasteiger partial charge is 0.469 e. The van der Waals surface area contributed by atoms with Gasteiger partial charge in [-0.05, 0) is 47.9 Å². The minimum Gasteiger partial charge on any atom is -0.469 e. The summed E-state index contributed by atoms with van der Waals surface area (Å²) in [7, 11) is 1.35. The highest BCUT2D eigenvalue weighted by Crippen LogP contribution is 2.37. The van der Waals surface area contributed by atoms with Gasteiger partial charge in [-0.15, -0.1) is 0 Å². The molecule has 1 saturated carbocycles. The Morgan fingerprint density at radius 3 is 2.73 bits per heavy atom. The normalized spacial score (nSPS) is 20.3. The first kappa shape index (κ1) is 22.8. The van der Waals surface area contributed by atoms with Crippen molar-refractivity contribution in [3.8, 4) is 0 Å². The van der Waals surface area contributed by atoms with Gasteiger partial charge in [0.25, 0.3) is 5.91 Å². The van der Waals surface area contributed by atoms with E-state index in [1.807, 2.05) is 6.92 Å². The molecular weight excluding hydrogens is 435 g/mol. The Hall–Kier alpha value is -3.36. The van der Waals surface area contributed by atoms with Gasteiger partial charge < -0.3 is 10.1 Å². The predicted octanol–water partition coefficient (Wildman–Crippen LogP) is 4.26. The molecule has 1 amide bonds. The lowest BCUT2D eigenvalue weighted by atomic mass is 9.68. The molecule has 1 aliphatic carbocycles. The molecule has 33 heavy (non-hydrogen) atoms. The predicted molar refractivity (Wildman–Crippen MR) is 115 cm³/mol. The molecule has 1 aliphatic rings. The average Bonchev–Trinajstić information content (AvgIpc) is 3.23. The Kier molecular flexibility index (Phi) is 6.14. The van der Waals surface area contributed by atoms with Crippen molar-refractivity contribution >= 4 is 17.4 Å². The zero-order chi connectivity index (χ0) is 23.8. The number of pyridine rings is 1. The third-order valence-electron chi connectivity index (χ3n) is 6.43. The van der Waals surface area contributed by atoms with Crippen LogP contribution in [0.25, 0.3) is 5.52 Å². The lowest BCUT2D eigenvalue weighted by Crippen LogP contribution is -2.51. The number of carbonyl (C=O) groups excluding carboxylic acids is 2. The fourth-order valence-electron chi connectivity index (χ4n) is 4.39. The van der Waals surface area contributed by atoms with Gasteiger partial charge >= 0.3 is 12.1 Å². The summed E-state index contributed by atoms with van der Waals surface area (Å²) in [4.78, 5) is 24.5. The van der Waals surface area contributed by atoms with Crippen molar-refractivity contribution in [3.63, 3.8) is 0 Å². The van der Waals surface area contributed by atoms with E-state index in [0.717, 1.165) is 12.1 Å². The first-order valence-corrected chi connectivity index (χ1v) is 10.7. The van der Waals surface area contributed by atoms with Crippen molar-refractivity contribution in [2.24, 2.45) is 11.8 Å². The number of methoxy groups -OCH3 is 1. The zero-order valence-corrected chi connectivity index (χ0v) is 18.2. The minimum absolute atomic E-state index is 0.0715. The van der Waals surface area contributed by atoms with Crippen molar-refractivity contribution in [2.45, 2.75) is 38.4 Å². The van der Waals surface area contributed by atoms with E-state index in [1.165, 1.54) is 19.4 Å². The number of hydrogen-bond donors (Lipinski definition) is 1. The number of ether oxygens (including phenoxy) is 1. The maximum Gasteiger partial charge on any atom is 0.416 e. The summed E-state index contributed by atoms with van der Waals surface area (Å²) in [6, 6.07) is 8.63. The van der Waals surface area contributed by atoms with E-state index < -0.39 is 11.7 Å². The number of halogens is 3. The molecule has 4 rings (SSSR count). The monoisotopic (exact) mass is 459 g/mol. The molecule has 1 aromatic carbocycles. The van der Waals surface area contributed by atoms with Crippen LogP contribution in [0, 0.1) is 11.8 Å². The number of amides is 1. The van der Waals surface area contributed by atoms with Crippen molar-refractivity contribution in [1.29, 1.82) is 0 Å². The van der Waals surface area contributed by atoms with Crippen LogP contribution in [0.3, 0.4) is 0 Å². The molecule has 9 heteroatoms. The Labute approximate surface area is 188 Å². The molecule has 0 aliphatic heterocycles. The summed E-state index contributed by atoms with van der Waals surface area (Å²) in [5, 5.41) is 7.26. The molecule has 0 spiro atoms. The van der Waals surface area contributed by atoms with Gasteiger partial charge in [-0.25, -0.2) is 4.52 Å². The second kappa shape index (κ2) is 8.88. The fourth-order valence-corrected chi connectivity index (χ4v) is 4.39. The molecule has 2 aromatic heterocycles. The van der Waals surface area contributed by atoms with Crippen molar-refractivity contribution in [3.05, 3.63) is 71.0 Å². The summed E-state index contributed by atoms with van der Waals surface area (Å²) in [6.45, 7) is 1.98. The summed E-state index contributed by atoms with van der Waals surface area (Å²) >= 11 is 0. The number of rotatable bonds is 6. The van der Waals surface area contributed by atoms with Crippen LogP contribution in [0.2, 0.25) is 0 Å². The molecule has 0 radical (unpaired) electrons. The number of fused-ring (bicyclic) bond motifs is 1. The highest BCUT2D eigenvalue weighted by atomic mass is 19.4. The van der Waals surface area contributed by atoms with E-state index in [0.29, 0.717) is 35.0 Å². The van der Waals surface area contributed by atoms with Gasteiger partial charge in [0.1, 0.15) is 0 Å². The SMILES string of the molecule is COC(=O)CC1CC(NC(=O)c2cnn3cccc(Cc4cccc(C(F)(F)F)c4)c23)C1C.